The van der Waals surface area contributed by atoms with Crippen molar-refractivity contribution in [1.29, 1.82) is 0 Å². The molecule has 0 bridgehead atoms. The molecule has 184 valence electrons. The van der Waals surface area contributed by atoms with Gasteiger partial charge in [-0.15, -0.1) is 0 Å². The Morgan fingerprint density at radius 2 is 1.57 bits per heavy atom. The van der Waals surface area contributed by atoms with Crippen LogP contribution in [0.15, 0.2) is 72.8 Å². The quantitative estimate of drug-likeness (QED) is 0.362. The van der Waals surface area contributed by atoms with Crippen molar-refractivity contribution in [2.24, 2.45) is 0 Å². The maximum Gasteiger partial charge on any atom is 0.359 e. The topological polar surface area (TPSA) is 108 Å². The van der Waals surface area contributed by atoms with Gasteiger partial charge in [0.1, 0.15) is 0 Å². The van der Waals surface area contributed by atoms with E-state index in [-0.39, 0.29) is 6.61 Å². The lowest BCUT2D eigenvalue weighted by Crippen LogP contribution is -2.69. The van der Waals surface area contributed by atoms with Gasteiger partial charge in [-0.05, 0) is 21.5 Å². The van der Waals surface area contributed by atoms with Gasteiger partial charge in [0.05, 0.1) is 13.7 Å². The van der Waals surface area contributed by atoms with Gasteiger partial charge in [-0.1, -0.05) is 81.4 Å². The smallest absolute Gasteiger partial charge is 0.359 e. The Bertz CT molecular complexity index is 1120. The molecule has 1 spiro atoms. The first kappa shape index (κ1) is 24.8. The van der Waals surface area contributed by atoms with Gasteiger partial charge in [-0.2, -0.15) is 0 Å². The van der Waals surface area contributed by atoms with Gasteiger partial charge >= 0.3 is 17.9 Å². The zero-order valence-electron chi connectivity index (χ0n) is 20.0. The van der Waals surface area contributed by atoms with Crippen molar-refractivity contribution < 1.29 is 38.1 Å². The van der Waals surface area contributed by atoms with E-state index in [2.05, 4.69) is 20.8 Å². The summed E-state index contributed by atoms with van der Waals surface area (Å²) in [4.78, 5) is 37.6. The zero-order valence-corrected chi connectivity index (χ0v) is 21.0. The summed E-state index contributed by atoms with van der Waals surface area (Å²) in [5.41, 5.74) is -4.97. The fraction of sp³-hybridized carbons (Fsp3) is 0.346. The molecule has 1 fully saturated rings. The molecule has 2 aliphatic heterocycles. The zero-order chi connectivity index (χ0) is 25.5. The van der Waals surface area contributed by atoms with Crippen LogP contribution < -0.4 is 10.4 Å². The summed E-state index contributed by atoms with van der Waals surface area (Å²) in [7, 11) is -2.02. The summed E-state index contributed by atoms with van der Waals surface area (Å²) in [5.74, 6) is -3.11. The molecule has 0 aliphatic carbocycles. The predicted molar refractivity (Wildman–Crippen MR) is 128 cm³/mol. The Morgan fingerprint density at radius 3 is 2.00 bits per heavy atom. The van der Waals surface area contributed by atoms with Gasteiger partial charge in [0.25, 0.3) is 19.5 Å². The molecule has 8 nitrogen and oxygen atoms in total. The third kappa shape index (κ3) is 3.62. The Balaban J connectivity index is 1.81. The number of hydrogen-bond donors (Lipinski definition) is 1. The first-order valence-corrected chi connectivity index (χ1v) is 13.1. The van der Waals surface area contributed by atoms with Crippen molar-refractivity contribution in [3.8, 4) is 0 Å². The number of benzene rings is 2. The van der Waals surface area contributed by atoms with Crippen LogP contribution in [0.4, 0.5) is 0 Å². The minimum atomic E-state index is -3.09. The molecule has 2 aliphatic rings. The first-order valence-electron chi connectivity index (χ1n) is 11.2. The monoisotopic (exact) mass is 496 g/mol. The summed E-state index contributed by atoms with van der Waals surface area (Å²) in [6.07, 6.45) is 0.525. The number of ether oxygens (including phenoxy) is 3. The highest BCUT2D eigenvalue weighted by molar-refractivity contribution is 6.99. The average Bonchev–Trinajstić information content (AvgIpc) is 3.34. The van der Waals surface area contributed by atoms with Crippen LogP contribution in [-0.4, -0.2) is 62.4 Å². The highest BCUT2D eigenvalue weighted by Gasteiger charge is 2.76. The van der Waals surface area contributed by atoms with Gasteiger partial charge in [0.2, 0.25) is 0 Å². The molecule has 0 aromatic heterocycles. The fourth-order valence-corrected chi connectivity index (χ4v) is 9.54. The van der Waals surface area contributed by atoms with Crippen LogP contribution in [0.3, 0.4) is 0 Å². The number of esters is 3. The van der Waals surface area contributed by atoms with E-state index < -0.39 is 48.6 Å². The molecule has 9 heteroatoms. The molecule has 2 aromatic rings. The Kier molecular flexibility index (Phi) is 6.21. The van der Waals surface area contributed by atoms with Gasteiger partial charge < -0.3 is 23.7 Å². The van der Waals surface area contributed by atoms with Crippen LogP contribution in [0.5, 0.6) is 0 Å². The standard InChI is InChI=1S/C26H28O8Si/c1-24(2,3)35(18-11-7-5-8-12-18,19-13-9-6-10-14-19)32-17-20-26(30,23(29)31-4)25(22(28)33-20)16-15-21(27)34-25/h5-16,20,30H,17H2,1-4H3/t20-,25-,26+/m1/s1. The number of carbonyl (C=O) groups is 3. The van der Waals surface area contributed by atoms with E-state index in [4.69, 9.17) is 18.6 Å². The SMILES string of the molecule is COC(=O)[C@@]1(O)[C@@H](CO[Si](c2ccccc2)(c2ccccc2)C(C)(C)C)OC(=O)[C@]12C=CC(=O)O2. The molecule has 3 atom stereocenters. The molecule has 0 amide bonds. The molecule has 4 rings (SSSR count). The van der Waals surface area contributed by atoms with E-state index in [0.717, 1.165) is 29.6 Å². The van der Waals surface area contributed by atoms with Crippen molar-refractivity contribution in [3.05, 3.63) is 72.8 Å². The van der Waals surface area contributed by atoms with Crippen LogP contribution in [0, 0.1) is 0 Å². The number of aliphatic hydroxyl groups is 1. The van der Waals surface area contributed by atoms with Crippen molar-refractivity contribution >= 4 is 36.6 Å². The van der Waals surface area contributed by atoms with E-state index in [1.807, 2.05) is 60.7 Å². The second-order valence-corrected chi connectivity index (χ2v) is 13.9. The van der Waals surface area contributed by atoms with Crippen LogP contribution in [0.25, 0.3) is 0 Å². The van der Waals surface area contributed by atoms with Crippen molar-refractivity contribution in [2.45, 2.75) is 43.1 Å². The number of carbonyl (C=O) groups excluding carboxylic acids is 3. The van der Waals surface area contributed by atoms with Gasteiger partial charge in [-0.3, -0.25) is 0 Å². The van der Waals surface area contributed by atoms with Crippen molar-refractivity contribution in [3.63, 3.8) is 0 Å². The fourth-order valence-electron chi connectivity index (χ4n) is 4.98. The van der Waals surface area contributed by atoms with E-state index in [1.165, 1.54) is 0 Å². The van der Waals surface area contributed by atoms with E-state index in [9.17, 15) is 19.5 Å². The minimum Gasteiger partial charge on any atom is -0.467 e. The van der Waals surface area contributed by atoms with Crippen LogP contribution in [-0.2, 0) is 33.0 Å². The molecule has 2 aromatic carbocycles. The lowest BCUT2D eigenvalue weighted by atomic mass is 9.81. The maximum atomic E-state index is 12.9. The van der Waals surface area contributed by atoms with Gasteiger partial charge in [0, 0.05) is 6.08 Å². The summed E-state index contributed by atoms with van der Waals surface area (Å²) in [6, 6.07) is 19.5. The van der Waals surface area contributed by atoms with E-state index >= 15 is 0 Å². The number of hydrogen-bond acceptors (Lipinski definition) is 8. The third-order valence-electron chi connectivity index (χ3n) is 6.67. The molecule has 35 heavy (non-hydrogen) atoms. The average molecular weight is 497 g/mol. The lowest BCUT2D eigenvalue weighted by Gasteiger charge is -2.44. The van der Waals surface area contributed by atoms with Gasteiger partial charge in [-0.25, -0.2) is 14.4 Å². The summed E-state index contributed by atoms with van der Waals surface area (Å²) in [6.45, 7) is 5.86. The number of cyclic esters (lactones) is 1. The van der Waals surface area contributed by atoms with E-state index in [0.29, 0.717) is 0 Å². The molecule has 0 radical (unpaired) electrons. The second kappa shape index (κ2) is 8.74. The van der Waals surface area contributed by atoms with Crippen LogP contribution in [0.2, 0.25) is 5.04 Å². The minimum absolute atomic E-state index is 0.336. The molecule has 1 saturated heterocycles. The largest absolute Gasteiger partial charge is 0.467 e. The molecule has 0 saturated carbocycles. The number of rotatable bonds is 6. The number of methoxy groups -OCH3 is 1. The van der Waals surface area contributed by atoms with Crippen LogP contribution in [0.1, 0.15) is 20.8 Å². The third-order valence-corrected chi connectivity index (χ3v) is 11.7. The lowest BCUT2D eigenvalue weighted by molar-refractivity contribution is -0.194. The van der Waals surface area contributed by atoms with Crippen LogP contribution >= 0.6 is 0 Å². The Labute approximate surface area is 204 Å². The first-order chi connectivity index (χ1) is 16.5. The summed E-state index contributed by atoms with van der Waals surface area (Å²) < 4.78 is 22.1. The summed E-state index contributed by atoms with van der Waals surface area (Å²) >= 11 is 0. The molecule has 0 unspecified atom stereocenters. The maximum absolute atomic E-state index is 12.9. The Morgan fingerprint density at radius 1 is 1.03 bits per heavy atom. The predicted octanol–water partition coefficient (Wildman–Crippen LogP) is 1.24. The van der Waals surface area contributed by atoms with Crippen molar-refractivity contribution in [2.75, 3.05) is 13.7 Å². The van der Waals surface area contributed by atoms with Crippen molar-refractivity contribution in [1.82, 2.24) is 0 Å². The molecule has 2 heterocycles. The molecular weight excluding hydrogens is 468 g/mol. The van der Waals surface area contributed by atoms with Gasteiger partial charge in [0.15, 0.2) is 6.10 Å². The van der Waals surface area contributed by atoms with E-state index in [1.54, 1.807) is 0 Å². The highest BCUT2D eigenvalue weighted by atomic mass is 28.4. The normalized spacial score (nSPS) is 26.0. The Hall–Kier alpha value is -3.27. The highest BCUT2D eigenvalue weighted by Crippen LogP contribution is 2.45. The molecular formula is C26H28O8Si. The molecule has 1 N–H and O–H groups in total. The second-order valence-electron chi connectivity index (χ2n) is 9.62. The summed E-state index contributed by atoms with van der Waals surface area (Å²) in [5, 5.41) is 13.1.